The molecule has 1 N–H and O–H groups in total. The molecule has 15 heavy (non-hydrogen) atoms. The van der Waals surface area contributed by atoms with Gasteiger partial charge < -0.3 is 5.32 Å². The van der Waals surface area contributed by atoms with E-state index in [0.29, 0.717) is 6.54 Å². The van der Waals surface area contributed by atoms with E-state index in [-0.39, 0.29) is 5.82 Å². The van der Waals surface area contributed by atoms with Crippen LogP contribution in [0.4, 0.5) is 4.39 Å². The van der Waals surface area contributed by atoms with Crippen LogP contribution in [0.15, 0.2) is 24.3 Å². The third-order valence-electron chi connectivity index (χ3n) is 2.67. The Morgan fingerprint density at radius 2 is 2.27 bits per heavy atom. The Balaban J connectivity index is 1.75. The molecule has 1 saturated heterocycles. The van der Waals surface area contributed by atoms with Crippen molar-refractivity contribution in [3.05, 3.63) is 35.6 Å². The minimum absolute atomic E-state index is 0.107. The molecule has 1 nitrogen and oxygen atoms in total. The summed E-state index contributed by atoms with van der Waals surface area (Å²) in [6, 6.07) is 6.96. The molecule has 2 rings (SSSR count). The van der Waals surface area contributed by atoms with Crippen molar-refractivity contribution in [2.24, 2.45) is 0 Å². The van der Waals surface area contributed by atoms with E-state index >= 15 is 0 Å². The Morgan fingerprint density at radius 3 is 3.00 bits per heavy atom. The minimum atomic E-state index is -0.107. The molecule has 1 aromatic carbocycles. The van der Waals surface area contributed by atoms with Crippen LogP contribution in [-0.4, -0.2) is 17.5 Å². The van der Waals surface area contributed by atoms with Crippen LogP contribution in [0.3, 0.4) is 0 Å². The summed E-state index contributed by atoms with van der Waals surface area (Å²) < 4.78 is 13.2. The molecule has 1 fully saturated rings. The minimum Gasteiger partial charge on any atom is -0.311 e. The average molecular weight is 225 g/mol. The number of rotatable bonds is 4. The number of hydrogen-bond acceptors (Lipinski definition) is 2. The molecule has 1 atom stereocenters. The zero-order chi connectivity index (χ0) is 10.5. The van der Waals surface area contributed by atoms with Crippen LogP contribution in [0.2, 0.25) is 0 Å². The Hall–Kier alpha value is -0.540. The van der Waals surface area contributed by atoms with E-state index in [4.69, 9.17) is 0 Å². The fraction of sp³-hybridized carbons (Fsp3) is 0.500. The van der Waals surface area contributed by atoms with Crippen molar-refractivity contribution in [3.8, 4) is 0 Å². The van der Waals surface area contributed by atoms with E-state index in [2.05, 4.69) is 5.32 Å². The van der Waals surface area contributed by atoms with Gasteiger partial charge in [-0.05, 0) is 24.7 Å². The van der Waals surface area contributed by atoms with Crippen LogP contribution in [0.25, 0.3) is 0 Å². The van der Waals surface area contributed by atoms with Crippen molar-refractivity contribution in [1.82, 2.24) is 5.32 Å². The van der Waals surface area contributed by atoms with Gasteiger partial charge in [-0.2, -0.15) is 11.8 Å². The largest absolute Gasteiger partial charge is 0.311 e. The third kappa shape index (κ3) is 3.21. The van der Waals surface area contributed by atoms with Gasteiger partial charge >= 0.3 is 0 Å². The Kier molecular flexibility index (Phi) is 4.03. The number of benzene rings is 1. The van der Waals surface area contributed by atoms with Crippen LogP contribution in [-0.2, 0) is 6.54 Å². The predicted octanol–water partition coefficient (Wildman–Crippen LogP) is 2.81. The first kappa shape index (κ1) is 11.0. The fourth-order valence-corrected chi connectivity index (χ4v) is 3.05. The monoisotopic (exact) mass is 225 g/mol. The fourth-order valence-electron chi connectivity index (χ4n) is 1.81. The predicted molar refractivity (Wildman–Crippen MR) is 63.6 cm³/mol. The maximum atomic E-state index is 13.2. The lowest BCUT2D eigenvalue weighted by Crippen LogP contribution is -2.23. The molecule has 0 spiro atoms. The van der Waals surface area contributed by atoms with E-state index in [9.17, 15) is 4.39 Å². The summed E-state index contributed by atoms with van der Waals surface area (Å²) in [5, 5.41) is 4.06. The van der Waals surface area contributed by atoms with Gasteiger partial charge in [-0.1, -0.05) is 18.2 Å². The number of halogens is 1. The Bertz CT molecular complexity index is 310. The van der Waals surface area contributed by atoms with Crippen LogP contribution >= 0.6 is 11.8 Å². The summed E-state index contributed by atoms with van der Waals surface area (Å²) in [6.45, 7) is 1.64. The van der Waals surface area contributed by atoms with Crippen molar-refractivity contribution in [3.63, 3.8) is 0 Å². The molecule has 1 aliphatic rings. The summed E-state index contributed by atoms with van der Waals surface area (Å²) >= 11 is 2.03. The zero-order valence-electron chi connectivity index (χ0n) is 8.71. The first-order chi connectivity index (χ1) is 7.36. The highest BCUT2D eigenvalue weighted by Gasteiger charge is 2.14. The topological polar surface area (TPSA) is 12.0 Å². The maximum Gasteiger partial charge on any atom is 0.127 e. The van der Waals surface area contributed by atoms with Crippen molar-refractivity contribution in [2.45, 2.75) is 24.6 Å². The van der Waals surface area contributed by atoms with E-state index in [0.717, 1.165) is 17.4 Å². The molecule has 0 amide bonds. The van der Waals surface area contributed by atoms with Gasteiger partial charge in [0, 0.05) is 23.9 Å². The average Bonchev–Trinajstić information content (AvgIpc) is 2.74. The smallest absolute Gasteiger partial charge is 0.127 e. The number of thioether (sulfide) groups is 1. The SMILES string of the molecule is Fc1ccccc1CNCC1CCCS1. The van der Waals surface area contributed by atoms with Gasteiger partial charge in [0.25, 0.3) is 0 Å². The Morgan fingerprint density at radius 1 is 1.40 bits per heavy atom. The lowest BCUT2D eigenvalue weighted by atomic mass is 10.2. The van der Waals surface area contributed by atoms with Gasteiger partial charge in [-0.15, -0.1) is 0 Å². The van der Waals surface area contributed by atoms with Crippen LogP contribution in [0, 0.1) is 5.82 Å². The molecule has 1 aromatic rings. The maximum absolute atomic E-state index is 13.2. The van der Waals surface area contributed by atoms with Crippen molar-refractivity contribution in [2.75, 3.05) is 12.3 Å². The second kappa shape index (κ2) is 5.52. The Labute approximate surface area is 94.5 Å². The highest BCUT2D eigenvalue weighted by atomic mass is 32.2. The lowest BCUT2D eigenvalue weighted by molar-refractivity contribution is 0.582. The summed E-state index contributed by atoms with van der Waals surface area (Å²) in [5.41, 5.74) is 0.764. The summed E-state index contributed by atoms with van der Waals surface area (Å²) in [6.07, 6.45) is 2.63. The molecule has 0 bridgehead atoms. The van der Waals surface area contributed by atoms with Gasteiger partial charge in [0.15, 0.2) is 0 Å². The third-order valence-corrected chi connectivity index (χ3v) is 4.07. The standard InChI is InChI=1S/C12H16FNS/c13-12-6-2-1-4-10(12)8-14-9-11-5-3-7-15-11/h1-2,4,6,11,14H,3,5,7-9H2. The molecule has 1 aliphatic heterocycles. The van der Waals surface area contributed by atoms with Crippen LogP contribution in [0.1, 0.15) is 18.4 Å². The lowest BCUT2D eigenvalue weighted by Gasteiger charge is -2.10. The van der Waals surface area contributed by atoms with Gasteiger partial charge in [-0.3, -0.25) is 0 Å². The molecule has 0 aliphatic carbocycles. The molecule has 1 heterocycles. The van der Waals surface area contributed by atoms with Gasteiger partial charge in [-0.25, -0.2) is 4.39 Å². The van der Waals surface area contributed by atoms with Crippen LogP contribution in [0.5, 0.6) is 0 Å². The zero-order valence-corrected chi connectivity index (χ0v) is 9.52. The van der Waals surface area contributed by atoms with E-state index < -0.39 is 0 Å². The number of nitrogens with one attached hydrogen (secondary N) is 1. The molecular formula is C12H16FNS. The second-order valence-electron chi connectivity index (χ2n) is 3.86. The van der Waals surface area contributed by atoms with Crippen LogP contribution < -0.4 is 5.32 Å². The van der Waals surface area contributed by atoms with E-state index in [1.165, 1.54) is 24.7 Å². The molecule has 0 saturated carbocycles. The first-order valence-electron chi connectivity index (χ1n) is 5.42. The molecular weight excluding hydrogens is 209 g/mol. The molecule has 3 heteroatoms. The van der Waals surface area contributed by atoms with E-state index in [1.807, 2.05) is 23.9 Å². The molecule has 1 unspecified atom stereocenters. The summed E-state index contributed by atoms with van der Waals surface area (Å²) in [7, 11) is 0. The molecule has 0 radical (unpaired) electrons. The van der Waals surface area contributed by atoms with Crippen molar-refractivity contribution >= 4 is 11.8 Å². The van der Waals surface area contributed by atoms with Gasteiger partial charge in [0.1, 0.15) is 5.82 Å². The van der Waals surface area contributed by atoms with Gasteiger partial charge in [0.2, 0.25) is 0 Å². The normalized spacial score (nSPS) is 20.7. The first-order valence-corrected chi connectivity index (χ1v) is 6.47. The highest BCUT2D eigenvalue weighted by Crippen LogP contribution is 2.25. The number of hydrogen-bond donors (Lipinski definition) is 1. The molecule has 82 valence electrons. The van der Waals surface area contributed by atoms with Gasteiger partial charge in [0.05, 0.1) is 0 Å². The van der Waals surface area contributed by atoms with Crippen molar-refractivity contribution in [1.29, 1.82) is 0 Å². The van der Waals surface area contributed by atoms with Crippen molar-refractivity contribution < 1.29 is 4.39 Å². The highest BCUT2D eigenvalue weighted by molar-refractivity contribution is 8.00. The summed E-state index contributed by atoms with van der Waals surface area (Å²) in [4.78, 5) is 0. The quantitative estimate of drug-likeness (QED) is 0.845. The summed E-state index contributed by atoms with van der Waals surface area (Å²) in [5.74, 6) is 1.18. The molecule has 0 aromatic heterocycles. The second-order valence-corrected chi connectivity index (χ2v) is 5.27. The van der Waals surface area contributed by atoms with E-state index in [1.54, 1.807) is 6.07 Å².